The van der Waals surface area contributed by atoms with Crippen LogP contribution in [-0.2, 0) is 147 Å². The van der Waals surface area contributed by atoms with Gasteiger partial charge in [-0.15, -0.1) is 0 Å². The van der Waals surface area contributed by atoms with E-state index >= 15 is 0 Å². The number of nitrogens with one attached hydrogen (secondary N) is 1. The molecule has 12 heterocycles. The number of thiazole rings is 1. The number of anilines is 1. The van der Waals surface area contributed by atoms with Gasteiger partial charge in [-0.2, -0.15) is 13.4 Å². The fraction of sp³-hybridized carbons (Fsp3) is 0.787. The largest absolute Gasteiger partial charge is 0.458 e. The number of nitrogens with two attached hydrogens (primary N) is 1. The molecule has 10 saturated heterocycles. The Labute approximate surface area is 682 Å². The Morgan fingerprint density at radius 1 is 0.556 bits per heavy atom. The van der Waals surface area contributed by atoms with Crippen LogP contribution in [0.1, 0.15) is 148 Å². The number of fused-ring (bicyclic) bond motifs is 5. The van der Waals surface area contributed by atoms with Crippen molar-refractivity contribution in [3.05, 3.63) is 49.9 Å². The number of esters is 4. The number of ketones is 1. The number of carbonyl (C=O) groups is 5. The lowest BCUT2D eigenvalue weighted by molar-refractivity contribution is -0.216. The SMILES string of the molecule is C.COCC(=O)[C@@H]1C[C@H]2OC(C)(C)O[C@H]2O1.COCC(C)[C@@H]1C[C@@H](OC(C)=O)C(OC(C)=O)O1.COCC(O)[C@@H]1C[C@H]2OC(C)(C)O[C@H]2O1.COC[C@H](O)[C@@H]1C[C@H]2OC(C)(C)O[C@H]2O1.COC[C@H](OC(C)=O)[C@@H]1C[C@@H](OC(C)=O)[C@H](n2c(=O)sc3c(=O)[nH]c(N)nc32)O1.Cc1ccc(S(=O)(=O)OC[C@H](O)[C@@H]2C[C@H]3OC(C)(C)O[C@H]3O2)cc1. The smallest absolute Gasteiger partial charge is 0.311 e. The normalized spacial score (nSPS) is 31.4. The van der Waals surface area contributed by atoms with Crippen LogP contribution in [0.4, 0.5) is 5.95 Å². The van der Waals surface area contributed by atoms with Crippen molar-refractivity contribution in [1.82, 2.24) is 14.5 Å². The molecule has 0 aliphatic carbocycles. The number of hydrogen-bond donors (Lipinski definition) is 5. The van der Waals surface area contributed by atoms with E-state index in [4.69, 9.17) is 119 Å². The molecule has 0 radical (unpaired) electrons. The van der Waals surface area contributed by atoms with Crippen LogP contribution in [0, 0.1) is 12.8 Å². The molecule has 40 nitrogen and oxygen atoms in total. The number of rotatable bonds is 25. The Kier molecular flexibility index (Phi) is 35.9. The van der Waals surface area contributed by atoms with E-state index in [1.165, 1.54) is 54.0 Å². The molecule has 0 bridgehead atoms. The number of aliphatic hydroxyl groups excluding tert-OH is 3. The van der Waals surface area contributed by atoms with Gasteiger partial charge in [0, 0.05) is 108 Å². The summed E-state index contributed by atoms with van der Waals surface area (Å²) >= 11 is 0.667. The number of aromatic nitrogens is 3. The Balaban J connectivity index is 0.000000197. The van der Waals surface area contributed by atoms with Gasteiger partial charge in [-0.3, -0.25) is 47.3 Å². The van der Waals surface area contributed by atoms with Gasteiger partial charge in [0.2, 0.25) is 12.2 Å². The van der Waals surface area contributed by atoms with Crippen molar-refractivity contribution in [1.29, 1.82) is 0 Å². The number of ether oxygens (including phenoxy) is 23. The van der Waals surface area contributed by atoms with Crippen molar-refractivity contribution in [3.63, 3.8) is 0 Å². The molecule has 6 N–H and O–H groups in total. The molecule has 0 saturated carbocycles. The van der Waals surface area contributed by atoms with Crippen LogP contribution >= 0.6 is 11.3 Å². The molecule has 10 fully saturated rings. The average Bonchev–Trinajstić information content (AvgIpc) is 1.60. The second-order valence-electron chi connectivity index (χ2n) is 30.7. The third-order valence-corrected chi connectivity index (χ3v) is 21.1. The second-order valence-corrected chi connectivity index (χ2v) is 33.3. The van der Waals surface area contributed by atoms with Crippen LogP contribution in [0.3, 0.4) is 0 Å². The van der Waals surface area contributed by atoms with E-state index in [9.17, 15) is 57.3 Å². The van der Waals surface area contributed by atoms with Gasteiger partial charge in [0.05, 0.1) is 62.3 Å². The molecular weight excluding hydrogens is 1600 g/mol. The molecule has 117 heavy (non-hydrogen) atoms. The fourth-order valence-corrected chi connectivity index (χ4v) is 15.9. The van der Waals surface area contributed by atoms with E-state index in [1.807, 2.05) is 55.4 Å². The van der Waals surface area contributed by atoms with Crippen LogP contribution < -0.4 is 16.2 Å². The lowest BCUT2D eigenvalue weighted by Gasteiger charge is -2.22. The van der Waals surface area contributed by atoms with Crippen LogP contribution in [0.5, 0.6) is 0 Å². The lowest BCUT2D eigenvalue weighted by Crippen LogP contribution is -2.35. The van der Waals surface area contributed by atoms with Crippen molar-refractivity contribution in [3.8, 4) is 0 Å². The molecule has 3 aromatic rings. The van der Waals surface area contributed by atoms with E-state index in [1.54, 1.807) is 47.3 Å². The summed E-state index contributed by atoms with van der Waals surface area (Å²) in [6.07, 6.45) is -8.18. The monoisotopic (exact) mass is 1710 g/mol. The minimum absolute atomic E-state index is 0. The predicted octanol–water partition coefficient (Wildman–Crippen LogP) is 3.36. The Morgan fingerprint density at radius 2 is 0.991 bits per heavy atom. The number of hydrogen-bond acceptors (Lipinski definition) is 39. The van der Waals surface area contributed by atoms with E-state index in [0.29, 0.717) is 50.0 Å². The molecule has 0 spiro atoms. The topological polar surface area (TPSA) is 495 Å². The first-order chi connectivity index (χ1) is 54.3. The first kappa shape index (κ1) is 98.3. The van der Waals surface area contributed by atoms with Crippen LogP contribution in [0.2, 0.25) is 0 Å². The zero-order chi connectivity index (χ0) is 85.7. The summed E-state index contributed by atoms with van der Waals surface area (Å²) in [7, 11) is 3.72. The quantitative estimate of drug-likeness (QED) is 0.0461. The molecule has 2 aromatic heterocycles. The molecule has 3 unspecified atom stereocenters. The summed E-state index contributed by atoms with van der Waals surface area (Å²) in [5, 5.41) is 29.5. The number of methoxy groups -OCH3 is 5. The summed E-state index contributed by atoms with van der Waals surface area (Å²) in [6.45, 7) is 24.4. The highest BCUT2D eigenvalue weighted by molar-refractivity contribution is 7.86. The van der Waals surface area contributed by atoms with Gasteiger partial charge in [0.1, 0.15) is 72.3 Å². The van der Waals surface area contributed by atoms with E-state index in [2.05, 4.69) is 9.97 Å². The van der Waals surface area contributed by atoms with E-state index < -0.39 is 148 Å². The molecule has 10 aliphatic heterocycles. The number of H-pyrrole nitrogens is 1. The maximum absolute atomic E-state index is 12.6. The highest BCUT2D eigenvalue weighted by atomic mass is 32.2. The number of nitrogens with zero attached hydrogens (tertiary/aromatic N) is 2. The standard InChI is InChI=1S/C16H20N4O8S.C16H22O7S.C12H20O6.2C10H18O5.C10H16O5.CH4/c1-6(21)26-9-4-8(10(5-25-3)27-7(2)22)28-14(9)20-12-11(29-16(20)24)13(23)19-15(17)18-12;1-10-4-6-11(7-5-10)24(18,19)20-9-12(17)13-8-14-15(21-13)23-16(2,3)22-14;1-7(6-15-4)10-5-11(16-8(2)13)12(18-10)17-9(3)14;3*1-10(2)14-8-4-7(6(11)5-12-3)13-9(8)15-10;/h8-10,14H,4-5H2,1-3H3,(H3,17,18,19,23);4-7,12-15,17H,8-9H2,1-3H3;7,10-12H,5-6H2,1-4H3;2*6-9,11H,4-5H2,1-3H3;7-9H,4-5H2,1-3H3;1H4/t8-,9+,10-,14+;12-,13-,14+,15+;7?,10-,11+,12?;6?,7-,8+,9+;6-,7-,8+,9+;7-,8+,9+;/m000000./s1. The van der Waals surface area contributed by atoms with Crippen molar-refractivity contribution in [2.75, 3.05) is 80.9 Å². The number of Topliss-reactive ketones (excluding diaryl/α,β-unsaturated/α-hetero) is 1. The van der Waals surface area contributed by atoms with Gasteiger partial charge in [-0.25, -0.2) is 0 Å². The molecule has 666 valence electrons. The Hall–Kier alpha value is -5.83. The molecule has 13 rings (SSSR count). The van der Waals surface area contributed by atoms with Gasteiger partial charge in [0.25, 0.3) is 15.7 Å². The van der Waals surface area contributed by atoms with Crippen molar-refractivity contribution in [2.45, 2.75) is 306 Å². The third-order valence-electron chi connectivity index (χ3n) is 18.9. The number of carbonyl (C=O) groups excluding carboxylic acids is 5. The van der Waals surface area contributed by atoms with Crippen LogP contribution in [0.15, 0.2) is 38.8 Å². The summed E-state index contributed by atoms with van der Waals surface area (Å²) in [6, 6.07) is 6.31. The summed E-state index contributed by atoms with van der Waals surface area (Å²) < 4.78 is 154. The molecule has 23 atom stereocenters. The Bertz CT molecular complexity index is 3820. The van der Waals surface area contributed by atoms with Crippen LogP contribution in [-0.4, -0.2) is 295 Å². The Morgan fingerprint density at radius 3 is 1.42 bits per heavy atom. The van der Waals surface area contributed by atoms with Crippen molar-refractivity contribution < 1.29 is 161 Å². The maximum Gasteiger partial charge on any atom is 0.311 e. The van der Waals surface area contributed by atoms with Crippen LogP contribution in [0.25, 0.3) is 10.3 Å². The predicted molar refractivity (Wildman–Crippen MR) is 405 cm³/mol. The molecule has 0 amide bonds. The number of aromatic amines is 1. The summed E-state index contributed by atoms with van der Waals surface area (Å²) in [5.41, 5.74) is 6.00. The highest BCUT2D eigenvalue weighted by Gasteiger charge is 2.55. The highest BCUT2D eigenvalue weighted by Crippen LogP contribution is 2.43. The van der Waals surface area contributed by atoms with Crippen molar-refractivity contribution in [2.24, 2.45) is 5.92 Å². The second kappa shape index (κ2) is 42.8. The van der Waals surface area contributed by atoms with Gasteiger partial charge in [-0.1, -0.05) is 43.4 Å². The number of benzene rings is 1. The van der Waals surface area contributed by atoms with E-state index in [0.717, 1.165) is 10.1 Å². The van der Waals surface area contributed by atoms with Crippen molar-refractivity contribution >= 4 is 67.4 Å². The fourth-order valence-electron chi connectivity index (χ4n) is 14.1. The number of aliphatic hydroxyl groups is 3. The first-order valence-corrected chi connectivity index (χ1v) is 40.0. The zero-order valence-corrected chi connectivity index (χ0v) is 70.3. The molecule has 1 aromatic carbocycles. The van der Waals surface area contributed by atoms with Gasteiger partial charge >= 0.3 is 28.8 Å². The zero-order valence-electron chi connectivity index (χ0n) is 68.7. The van der Waals surface area contributed by atoms with Gasteiger partial charge in [-0.05, 0) is 74.4 Å². The van der Waals surface area contributed by atoms with Gasteiger partial charge < -0.3 is 130 Å². The maximum atomic E-state index is 12.6. The number of aryl methyl sites for hydroxylation is 1. The average molecular weight is 1720 g/mol. The first-order valence-electron chi connectivity index (χ1n) is 37.8. The minimum Gasteiger partial charge on any atom is -0.458 e. The molecular formula is C75H118N4O36S2. The summed E-state index contributed by atoms with van der Waals surface area (Å²) in [4.78, 5) is 87.0. The molecule has 10 aliphatic rings. The lowest BCUT2D eigenvalue weighted by atomic mass is 10.0. The molecule has 42 heteroatoms. The number of nitrogen functional groups attached to an aromatic ring is 1. The summed E-state index contributed by atoms with van der Waals surface area (Å²) in [5.74, 6) is -4.58. The van der Waals surface area contributed by atoms with E-state index in [-0.39, 0.29) is 135 Å². The minimum atomic E-state index is -3.92. The van der Waals surface area contributed by atoms with Gasteiger partial charge in [0.15, 0.2) is 78.2 Å². The third kappa shape index (κ3) is 27.8.